The zero-order valence-corrected chi connectivity index (χ0v) is 10.4. The fourth-order valence-corrected chi connectivity index (χ4v) is 3.38. The van der Waals surface area contributed by atoms with Crippen molar-refractivity contribution in [1.29, 1.82) is 0 Å². The molecule has 0 spiro atoms. The van der Waals surface area contributed by atoms with Gasteiger partial charge in [0, 0.05) is 6.04 Å². The van der Waals surface area contributed by atoms with E-state index in [1.807, 2.05) is 0 Å². The van der Waals surface area contributed by atoms with Gasteiger partial charge in [0.15, 0.2) is 0 Å². The molecule has 18 heavy (non-hydrogen) atoms. The molecule has 2 N–H and O–H groups in total. The van der Waals surface area contributed by atoms with Crippen molar-refractivity contribution in [1.82, 2.24) is 4.72 Å². The maximum absolute atomic E-state index is 12.2. The third kappa shape index (κ3) is 2.06. The fourth-order valence-electron chi connectivity index (χ4n) is 1.89. The lowest BCUT2D eigenvalue weighted by atomic mass is 10.2. The molecule has 3 rings (SSSR count). The molecule has 0 saturated heterocycles. The maximum Gasteiger partial charge on any atom is 0.302 e. The van der Waals surface area contributed by atoms with E-state index in [2.05, 4.69) is 10.0 Å². The van der Waals surface area contributed by atoms with E-state index in [0.29, 0.717) is 11.4 Å². The van der Waals surface area contributed by atoms with Crippen LogP contribution in [0.3, 0.4) is 0 Å². The Bertz CT molecular complexity index is 595. The van der Waals surface area contributed by atoms with Crippen LogP contribution in [0, 0.1) is 0 Å². The first-order chi connectivity index (χ1) is 8.56. The normalized spacial score (nSPS) is 19.3. The molecular formula is C11H13N3O3S. The SMILES string of the molecule is O=C1CN(S(=O)(=O)NC2CC2)c2ccccc2N1. The zero-order valence-electron chi connectivity index (χ0n) is 9.59. The van der Waals surface area contributed by atoms with Crippen LogP contribution in [0.5, 0.6) is 0 Å². The summed E-state index contributed by atoms with van der Waals surface area (Å²) in [6.07, 6.45) is 1.72. The summed E-state index contributed by atoms with van der Waals surface area (Å²) in [5.74, 6) is -0.324. The first kappa shape index (κ1) is 11.5. The highest BCUT2D eigenvalue weighted by atomic mass is 32.2. The smallest absolute Gasteiger partial charge is 0.302 e. The molecule has 1 aliphatic heterocycles. The molecule has 0 unspecified atom stereocenters. The Morgan fingerprint density at radius 3 is 2.72 bits per heavy atom. The molecule has 0 aromatic heterocycles. The first-order valence-corrected chi connectivity index (χ1v) is 7.19. The number of nitrogens with one attached hydrogen (secondary N) is 2. The Balaban J connectivity index is 1.98. The number of benzene rings is 1. The van der Waals surface area contributed by atoms with E-state index in [4.69, 9.17) is 0 Å². The minimum atomic E-state index is -3.64. The quantitative estimate of drug-likeness (QED) is 0.834. The largest absolute Gasteiger partial charge is 0.323 e. The Labute approximate surface area is 105 Å². The molecule has 0 atom stereocenters. The van der Waals surface area contributed by atoms with E-state index in [1.54, 1.807) is 24.3 Å². The van der Waals surface area contributed by atoms with Crippen LogP contribution < -0.4 is 14.3 Å². The van der Waals surface area contributed by atoms with Crippen molar-refractivity contribution in [3.05, 3.63) is 24.3 Å². The highest BCUT2D eigenvalue weighted by molar-refractivity contribution is 7.91. The Kier molecular flexibility index (Phi) is 2.53. The highest BCUT2D eigenvalue weighted by Crippen LogP contribution is 2.31. The minimum absolute atomic E-state index is 0.0205. The number of hydrogen-bond donors (Lipinski definition) is 2. The zero-order chi connectivity index (χ0) is 12.8. The summed E-state index contributed by atoms with van der Waals surface area (Å²) in [7, 11) is -3.64. The van der Waals surface area contributed by atoms with E-state index in [9.17, 15) is 13.2 Å². The van der Waals surface area contributed by atoms with E-state index < -0.39 is 10.2 Å². The van der Waals surface area contributed by atoms with Gasteiger partial charge in [-0.25, -0.2) is 4.31 Å². The Morgan fingerprint density at radius 2 is 2.00 bits per heavy atom. The van der Waals surface area contributed by atoms with Gasteiger partial charge in [-0.2, -0.15) is 13.1 Å². The summed E-state index contributed by atoms with van der Waals surface area (Å²) < 4.78 is 28.1. The minimum Gasteiger partial charge on any atom is -0.323 e. The maximum atomic E-state index is 12.2. The summed E-state index contributed by atoms with van der Waals surface area (Å²) in [6.45, 7) is -0.181. The molecule has 1 aromatic rings. The number of amides is 1. The van der Waals surface area contributed by atoms with E-state index in [0.717, 1.165) is 17.1 Å². The van der Waals surface area contributed by atoms with Gasteiger partial charge in [0.25, 0.3) is 0 Å². The number of anilines is 2. The van der Waals surface area contributed by atoms with Crippen molar-refractivity contribution in [2.45, 2.75) is 18.9 Å². The lowest BCUT2D eigenvalue weighted by Gasteiger charge is -2.29. The van der Waals surface area contributed by atoms with Gasteiger partial charge in [-0.05, 0) is 25.0 Å². The summed E-state index contributed by atoms with van der Waals surface area (Å²) in [4.78, 5) is 11.5. The molecule has 2 aliphatic rings. The molecule has 6 nitrogen and oxygen atoms in total. The number of nitrogens with zero attached hydrogens (tertiary/aromatic N) is 1. The van der Waals surface area contributed by atoms with Gasteiger partial charge in [-0.3, -0.25) is 4.79 Å². The van der Waals surface area contributed by atoms with Crippen LogP contribution in [-0.2, 0) is 15.0 Å². The van der Waals surface area contributed by atoms with Crippen LogP contribution in [0.25, 0.3) is 0 Å². The Hall–Kier alpha value is -1.60. The van der Waals surface area contributed by atoms with Crippen molar-refractivity contribution < 1.29 is 13.2 Å². The van der Waals surface area contributed by atoms with Crippen molar-refractivity contribution in [3.8, 4) is 0 Å². The molecule has 96 valence electrons. The van der Waals surface area contributed by atoms with Gasteiger partial charge in [-0.1, -0.05) is 12.1 Å². The first-order valence-electron chi connectivity index (χ1n) is 5.75. The van der Waals surface area contributed by atoms with Crippen LogP contribution in [0.2, 0.25) is 0 Å². The molecule has 1 heterocycles. The lowest BCUT2D eigenvalue weighted by Crippen LogP contribution is -2.48. The predicted octanol–water partition coefficient (Wildman–Crippen LogP) is 0.442. The second kappa shape index (κ2) is 3.96. The molecule has 1 aromatic carbocycles. The van der Waals surface area contributed by atoms with E-state index in [1.165, 1.54) is 0 Å². The molecule has 1 fully saturated rings. The van der Waals surface area contributed by atoms with Gasteiger partial charge in [-0.15, -0.1) is 0 Å². The van der Waals surface area contributed by atoms with Gasteiger partial charge in [0.05, 0.1) is 11.4 Å². The number of rotatable bonds is 3. The standard InChI is InChI=1S/C11H13N3O3S/c15-11-7-14(18(16,17)13-8-5-6-8)10-4-2-1-3-9(10)12-11/h1-4,8,13H,5-7H2,(H,12,15). The lowest BCUT2D eigenvalue weighted by molar-refractivity contribution is -0.115. The number of carbonyl (C=O) groups excluding carboxylic acids is 1. The van der Waals surface area contributed by atoms with Crippen molar-refractivity contribution >= 4 is 27.5 Å². The number of hydrogen-bond acceptors (Lipinski definition) is 3. The number of fused-ring (bicyclic) bond motifs is 1. The third-order valence-electron chi connectivity index (χ3n) is 2.92. The van der Waals surface area contributed by atoms with Crippen LogP contribution in [0.15, 0.2) is 24.3 Å². The van der Waals surface area contributed by atoms with Gasteiger partial charge in [0.1, 0.15) is 6.54 Å². The number of para-hydroxylation sites is 2. The molecule has 0 bridgehead atoms. The van der Waals surface area contributed by atoms with Crippen LogP contribution in [0.1, 0.15) is 12.8 Å². The molecule has 7 heteroatoms. The summed E-state index contributed by atoms with van der Waals surface area (Å²) in [5, 5.41) is 2.66. The predicted molar refractivity (Wildman–Crippen MR) is 67.5 cm³/mol. The third-order valence-corrected chi connectivity index (χ3v) is 4.45. The molecule has 0 radical (unpaired) electrons. The van der Waals surface area contributed by atoms with Gasteiger partial charge >= 0.3 is 10.2 Å². The average molecular weight is 267 g/mol. The topological polar surface area (TPSA) is 78.5 Å². The summed E-state index contributed by atoms with van der Waals surface area (Å²) in [5.41, 5.74) is 1.03. The van der Waals surface area contributed by atoms with Crippen LogP contribution in [-0.4, -0.2) is 26.9 Å². The van der Waals surface area contributed by atoms with Crippen molar-refractivity contribution in [2.24, 2.45) is 0 Å². The highest BCUT2D eigenvalue weighted by Gasteiger charge is 2.35. The summed E-state index contributed by atoms with van der Waals surface area (Å²) >= 11 is 0. The molecule has 1 aliphatic carbocycles. The van der Waals surface area contributed by atoms with Gasteiger partial charge < -0.3 is 5.32 Å². The monoisotopic (exact) mass is 267 g/mol. The van der Waals surface area contributed by atoms with Crippen LogP contribution >= 0.6 is 0 Å². The average Bonchev–Trinajstić information content (AvgIpc) is 3.11. The number of carbonyl (C=O) groups is 1. The second-order valence-corrected chi connectivity index (χ2v) is 6.10. The van der Waals surface area contributed by atoms with E-state index >= 15 is 0 Å². The second-order valence-electron chi connectivity index (χ2n) is 4.47. The fraction of sp³-hybridized carbons (Fsp3) is 0.364. The molecular weight excluding hydrogens is 254 g/mol. The Morgan fingerprint density at radius 1 is 1.28 bits per heavy atom. The molecule has 1 saturated carbocycles. The van der Waals surface area contributed by atoms with Crippen LogP contribution in [0.4, 0.5) is 11.4 Å². The molecule has 1 amide bonds. The van der Waals surface area contributed by atoms with Gasteiger partial charge in [0.2, 0.25) is 5.91 Å². The van der Waals surface area contributed by atoms with Crippen molar-refractivity contribution in [2.75, 3.05) is 16.2 Å². The summed E-state index contributed by atoms with van der Waals surface area (Å²) in [6, 6.07) is 6.89. The van der Waals surface area contributed by atoms with E-state index in [-0.39, 0.29) is 18.5 Å². The van der Waals surface area contributed by atoms with Crippen molar-refractivity contribution in [3.63, 3.8) is 0 Å².